The van der Waals surface area contributed by atoms with Crippen LogP contribution < -0.4 is 9.47 Å². The van der Waals surface area contributed by atoms with Gasteiger partial charge < -0.3 is 28.6 Å². The molecule has 3 heterocycles. The summed E-state index contributed by atoms with van der Waals surface area (Å²) in [6, 6.07) is 2.23. The van der Waals surface area contributed by atoms with Crippen molar-refractivity contribution in [3.8, 4) is 11.6 Å². The molecule has 0 aliphatic carbocycles. The van der Waals surface area contributed by atoms with E-state index in [0.29, 0.717) is 0 Å². The van der Waals surface area contributed by atoms with Crippen molar-refractivity contribution in [3.63, 3.8) is 0 Å². The molecule has 28 heavy (non-hydrogen) atoms. The van der Waals surface area contributed by atoms with Crippen LogP contribution in [0, 0.1) is 0 Å². The molecule has 2 atom stereocenters. The Labute approximate surface area is 156 Å². The minimum Gasteiger partial charge on any atom is -0.482 e. The van der Waals surface area contributed by atoms with Gasteiger partial charge in [-0.25, -0.2) is 9.97 Å². The number of hydrogen-bond acceptors (Lipinski definition) is 8. The number of oxazole rings is 1. The second kappa shape index (κ2) is 8.02. The zero-order chi connectivity index (χ0) is 20.3. The first-order valence-electron chi connectivity index (χ1n) is 8.04. The van der Waals surface area contributed by atoms with Gasteiger partial charge in [-0.2, -0.15) is 0 Å². The molecule has 2 aromatic rings. The number of aromatic nitrogens is 2. The molecule has 1 N–H and O–H groups in total. The Morgan fingerprint density at radius 3 is 2.79 bits per heavy atom. The number of rotatable bonds is 6. The summed E-state index contributed by atoms with van der Waals surface area (Å²) in [6.45, 7) is 0.180. The number of likely N-dealkylation sites (tertiary alicyclic amines) is 1. The first-order chi connectivity index (χ1) is 13.2. The van der Waals surface area contributed by atoms with Crippen LogP contribution in [0.25, 0.3) is 0 Å². The van der Waals surface area contributed by atoms with Crippen LogP contribution in [-0.2, 0) is 11.3 Å². The van der Waals surface area contributed by atoms with Gasteiger partial charge in [-0.3, -0.25) is 4.79 Å². The van der Waals surface area contributed by atoms with Crippen molar-refractivity contribution in [2.24, 2.45) is 0 Å². The van der Waals surface area contributed by atoms with Crippen LogP contribution in [0.15, 0.2) is 29.0 Å². The van der Waals surface area contributed by atoms with Gasteiger partial charge in [0.2, 0.25) is 11.8 Å². The maximum absolute atomic E-state index is 12.4. The van der Waals surface area contributed by atoms with Crippen LogP contribution in [0.1, 0.15) is 16.4 Å². The molecule has 0 aromatic carbocycles. The van der Waals surface area contributed by atoms with Crippen LogP contribution in [0.3, 0.4) is 0 Å². The molecule has 152 valence electrons. The number of carbonyl (C=O) groups is 1. The van der Waals surface area contributed by atoms with E-state index in [0.717, 1.165) is 18.5 Å². The summed E-state index contributed by atoms with van der Waals surface area (Å²) in [4.78, 5) is 21.2. The van der Waals surface area contributed by atoms with Crippen molar-refractivity contribution in [1.82, 2.24) is 14.9 Å². The molecular formula is C16H16F3N3O6. The van der Waals surface area contributed by atoms with Gasteiger partial charge in [0.1, 0.15) is 18.1 Å². The van der Waals surface area contributed by atoms with Crippen LogP contribution in [0.2, 0.25) is 0 Å². The second-order valence-corrected chi connectivity index (χ2v) is 5.85. The molecular weight excluding hydrogens is 387 g/mol. The lowest BCUT2D eigenvalue weighted by molar-refractivity contribution is -0.276. The van der Waals surface area contributed by atoms with E-state index in [4.69, 9.17) is 13.9 Å². The predicted molar refractivity (Wildman–Crippen MR) is 84.5 cm³/mol. The van der Waals surface area contributed by atoms with Gasteiger partial charge >= 0.3 is 6.36 Å². The number of alkyl halides is 3. The van der Waals surface area contributed by atoms with Gasteiger partial charge in [-0.1, -0.05) is 0 Å². The van der Waals surface area contributed by atoms with Gasteiger partial charge in [-0.05, 0) is 6.07 Å². The van der Waals surface area contributed by atoms with E-state index >= 15 is 0 Å². The van der Waals surface area contributed by atoms with Crippen LogP contribution in [0.4, 0.5) is 13.2 Å². The largest absolute Gasteiger partial charge is 0.574 e. The summed E-state index contributed by atoms with van der Waals surface area (Å²) >= 11 is 0. The minimum atomic E-state index is -4.83. The lowest BCUT2D eigenvalue weighted by Gasteiger charge is -2.13. The van der Waals surface area contributed by atoms with E-state index in [1.54, 1.807) is 0 Å². The normalized spacial score (nSPS) is 19.7. The molecule has 3 rings (SSSR count). The molecule has 0 bridgehead atoms. The van der Waals surface area contributed by atoms with Crippen LogP contribution >= 0.6 is 0 Å². The molecule has 1 aliphatic rings. The number of pyridine rings is 1. The molecule has 0 unspecified atom stereocenters. The minimum absolute atomic E-state index is 0.0367. The summed E-state index contributed by atoms with van der Waals surface area (Å²) in [5.74, 6) is -0.803. The lowest BCUT2D eigenvalue weighted by Crippen LogP contribution is -2.30. The number of aliphatic hydroxyl groups excluding tert-OH is 1. The number of methoxy groups -OCH3 is 1. The van der Waals surface area contributed by atoms with E-state index < -0.39 is 30.4 Å². The topological polar surface area (TPSA) is 107 Å². The first-order valence-corrected chi connectivity index (χ1v) is 8.04. The Kier molecular flexibility index (Phi) is 5.70. The zero-order valence-electron chi connectivity index (χ0n) is 14.5. The van der Waals surface area contributed by atoms with Crippen molar-refractivity contribution in [2.45, 2.75) is 25.2 Å². The van der Waals surface area contributed by atoms with Crippen molar-refractivity contribution in [2.75, 3.05) is 20.2 Å². The molecule has 1 saturated heterocycles. The molecule has 1 aliphatic heterocycles. The van der Waals surface area contributed by atoms with Crippen molar-refractivity contribution >= 4 is 5.91 Å². The van der Waals surface area contributed by atoms with Gasteiger partial charge in [0, 0.05) is 26.3 Å². The average molecular weight is 403 g/mol. The third-order valence-corrected chi connectivity index (χ3v) is 3.89. The molecule has 9 nitrogen and oxygen atoms in total. The smallest absolute Gasteiger partial charge is 0.482 e. The molecule has 1 amide bonds. The number of carbonyl (C=O) groups excluding carboxylic acids is 1. The summed E-state index contributed by atoms with van der Waals surface area (Å²) in [6.07, 6.45) is -3.86. The summed E-state index contributed by atoms with van der Waals surface area (Å²) < 4.78 is 55.5. The summed E-state index contributed by atoms with van der Waals surface area (Å²) in [5.41, 5.74) is 0.0367. The second-order valence-electron chi connectivity index (χ2n) is 5.85. The van der Waals surface area contributed by atoms with E-state index in [1.165, 1.54) is 18.1 Å². The maximum atomic E-state index is 12.4. The molecule has 0 saturated carbocycles. The Morgan fingerprint density at radius 1 is 1.39 bits per heavy atom. The molecule has 2 aromatic heterocycles. The summed E-state index contributed by atoms with van der Waals surface area (Å²) in [5, 5.41) is 9.79. The summed E-state index contributed by atoms with van der Waals surface area (Å²) in [7, 11) is 1.45. The Balaban J connectivity index is 1.54. The van der Waals surface area contributed by atoms with Gasteiger partial charge in [0.25, 0.3) is 5.91 Å². The molecule has 0 spiro atoms. The fraction of sp³-hybridized carbons (Fsp3) is 0.438. The van der Waals surface area contributed by atoms with Crippen LogP contribution in [0.5, 0.6) is 11.6 Å². The SMILES string of the molecule is CO[C@H]1CN(C(=O)c2coc(COc3ccc(OC(F)(F)F)nc3)n2)C[C@@H]1O. The van der Waals surface area contributed by atoms with E-state index in [9.17, 15) is 23.1 Å². The van der Waals surface area contributed by atoms with Crippen molar-refractivity contribution in [3.05, 3.63) is 36.2 Å². The van der Waals surface area contributed by atoms with Gasteiger partial charge in [-0.15, -0.1) is 13.2 Å². The quantitative estimate of drug-likeness (QED) is 0.771. The standard InChI is InChI=1S/C16H16F3N3O6/c1-25-12-6-22(5-11(12)23)15(24)10-7-27-14(21-10)8-26-9-2-3-13(20-4-9)28-16(17,18)19/h2-4,7,11-12,23H,5-6,8H2,1H3/t11-,12-/m0/s1. The first kappa shape index (κ1) is 19.9. The number of halogens is 3. The maximum Gasteiger partial charge on any atom is 0.574 e. The van der Waals surface area contributed by atoms with E-state index in [2.05, 4.69) is 14.7 Å². The predicted octanol–water partition coefficient (Wildman–Crippen LogP) is 1.38. The average Bonchev–Trinajstić information content (AvgIpc) is 3.26. The van der Waals surface area contributed by atoms with E-state index in [-0.39, 0.29) is 37.0 Å². The number of ether oxygens (including phenoxy) is 3. The zero-order valence-corrected chi connectivity index (χ0v) is 14.5. The van der Waals surface area contributed by atoms with Crippen molar-refractivity contribution in [1.29, 1.82) is 0 Å². The highest BCUT2D eigenvalue weighted by atomic mass is 19.4. The molecule has 12 heteroatoms. The number of hydrogen-bond donors (Lipinski definition) is 1. The highest BCUT2D eigenvalue weighted by Gasteiger charge is 2.35. The number of aliphatic hydroxyl groups is 1. The van der Waals surface area contributed by atoms with Gasteiger partial charge in [0.15, 0.2) is 12.3 Å². The highest BCUT2D eigenvalue weighted by molar-refractivity contribution is 5.92. The van der Waals surface area contributed by atoms with Crippen LogP contribution in [-0.4, -0.2) is 64.7 Å². The Morgan fingerprint density at radius 2 is 2.18 bits per heavy atom. The third kappa shape index (κ3) is 4.89. The Hall–Kier alpha value is -2.86. The lowest BCUT2D eigenvalue weighted by atomic mass is 10.3. The molecule has 0 radical (unpaired) electrons. The monoisotopic (exact) mass is 403 g/mol. The fourth-order valence-corrected chi connectivity index (χ4v) is 2.57. The highest BCUT2D eigenvalue weighted by Crippen LogP contribution is 2.22. The fourth-order valence-electron chi connectivity index (χ4n) is 2.57. The number of β-amino-alcohol motifs (C(OH)–C–C–N with tert-alkyl or cyclic N) is 1. The number of nitrogens with zero attached hydrogens (tertiary/aromatic N) is 3. The Bertz CT molecular complexity index is 811. The van der Waals surface area contributed by atoms with E-state index in [1.807, 2.05) is 0 Å². The number of amides is 1. The molecule has 1 fully saturated rings. The van der Waals surface area contributed by atoms with Crippen molar-refractivity contribution < 1.29 is 41.7 Å². The third-order valence-electron chi connectivity index (χ3n) is 3.89. The van der Waals surface area contributed by atoms with Gasteiger partial charge in [0.05, 0.1) is 12.3 Å².